The summed E-state index contributed by atoms with van der Waals surface area (Å²) < 4.78 is 10.9. The molecule has 0 spiro atoms. The van der Waals surface area contributed by atoms with E-state index in [0.717, 1.165) is 91.2 Å². The molecule has 1 unspecified atom stereocenters. The highest BCUT2D eigenvalue weighted by molar-refractivity contribution is 14.0. The van der Waals surface area contributed by atoms with Gasteiger partial charge in [0.25, 0.3) is 0 Å². The summed E-state index contributed by atoms with van der Waals surface area (Å²) in [7, 11) is 0. The van der Waals surface area contributed by atoms with E-state index >= 15 is 0 Å². The number of nitrogens with zero attached hydrogens (tertiary/aromatic N) is 3. The van der Waals surface area contributed by atoms with Crippen LogP contribution in [0.4, 0.5) is 0 Å². The highest BCUT2D eigenvalue weighted by atomic mass is 127. The minimum Gasteiger partial charge on any atom is -0.379 e. The standard InChI is InChI=1S/C19H39N5O2.HI/c1-4-20-19(21-6-5-7-23-8-12-25-13-9-23)22-16-18(17(2)3)24-10-14-26-15-11-24;/h17-18H,4-16H2,1-3H3,(H2,20,21,22);1H. The van der Waals surface area contributed by atoms with Gasteiger partial charge < -0.3 is 20.1 Å². The average molecular weight is 497 g/mol. The van der Waals surface area contributed by atoms with Crippen molar-refractivity contribution >= 4 is 29.9 Å². The number of rotatable bonds is 9. The third-order valence-electron chi connectivity index (χ3n) is 5.11. The number of halogens is 1. The molecule has 0 saturated carbocycles. The Balaban J connectivity index is 0.00000364. The van der Waals surface area contributed by atoms with Gasteiger partial charge in [-0.2, -0.15) is 0 Å². The fraction of sp³-hybridized carbons (Fsp3) is 0.947. The van der Waals surface area contributed by atoms with Crippen molar-refractivity contribution in [3.05, 3.63) is 0 Å². The van der Waals surface area contributed by atoms with Crippen molar-refractivity contribution < 1.29 is 9.47 Å². The van der Waals surface area contributed by atoms with Crippen LogP contribution in [0.25, 0.3) is 0 Å². The maximum absolute atomic E-state index is 5.50. The second kappa shape index (κ2) is 14.8. The van der Waals surface area contributed by atoms with Crippen LogP contribution in [0.3, 0.4) is 0 Å². The average Bonchev–Trinajstić information content (AvgIpc) is 2.66. The number of ether oxygens (including phenoxy) is 2. The van der Waals surface area contributed by atoms with Crippen LogP contribution in [0.1, 0.15) is 27.2 Å². The Morgan fingerprint density at radius 1 is 1.00 bits per heavy atom. The van der Waals surface area contributed by atoms with Gasteiger partial charge in [0, 0.05) is 45.3 Å². The van der Waals surface area contributed by atoms with E-state index in [9.17, 15) is 0 Å². The van der Waals surface area contributed by atoms with Crippen LogP contribution in [0.15, 0.2) is 4.99 Å². The molecule has 0 aromatic rings. The first-order valence-corrected chi connectivity index (χ1v) is 10.3. The van der Waals surface area contributed by atoms with E-state index in [-0.39, 0.29) is 24.0 Å². The number of guanidine groups is 1. The molecule has 2 heterocycles. The van der Waals surface area contributed by atoms with Gasteiger partial charge in [0.05, 0.1) is 33.0 Å². The Kier molecular flexibility index (Phi) is 13.6. The van der Waals surface area contributed by atoms with Crippen molar-refractivity contribution in [3.63, 3.8) is 0 Å². The normalized spacial score (nSPS) is 21.0. The molecular formula is C19H40IN5O2. The van der Waals surface area contributed by atoms with Crippen LogP contribution >= 0.6 is 24.0 Å². The van der Waals surface area contributed by atoms with E-state index in [0.29, 0.717) is 12.0 Å². The van der Waals surface area contributed by atoms with Crippen LogP contribution in [-0.2, 0) is 9.47 Å². The molecular weight excluding hydrogens is 457 g/mol. The summed E-state index contributed by atoms with van der Waals surface area (Å²) >= 11 is 0. The largest absolute Gasteiger partial charge is 0.379 e. The molecule has 0 amide bonds. The maximum Gasteiger partial charge on any atom is 0.191 e. The third-order valence-corrected chi connectivity index (χ3v) is 5.11. The van der Waals surface area contributed by atoms with E-state index in [1.54, 1.807) is 0 Å². The number of hydrogen-bond acceptors (Lipinski definition) is 5. The fourth-order valence-electron chi connectivity index (χ4n) is 3.52. The molecule has 0 bridgehead atoms. The van der Waals surface area contributed by atoms with Crippen LogP contribution in [0.2, 0.25) is 0 Å². The van der Waals surface area contributed by atoms with Crippen LogP contribution in [0, 0.1) is 5.92 Å². The highest BCUT2D eigenvalue weighted by Gasteiger charge is 2.23. The number of nitrogens with one attached hydrogen (secondary N) is 2. The fourth-order valence-corrected chi connectivity index (χ4v) is 3.52. The molecule has 1 atom stereocenters. The summed E-state index contributed by atoms with van der Waals surface area (Å²) in [6, 6.07) is 0.475. The lowest BCUT2D eigenvalue weighted by atomic mass is 10.0. The Morgan fingerprint density at radius 3 is 2.22 bits per heavy atom. The van der Waals surface area contributed by atoms with E-state index < -0.39 is 0 Å². The van der Waals surface area contributed by atoms with Gasteiger partial charge in [0.15, 0.2) is 5.96 Å². The van der Waals surface area contributed by atoms with Gasteiger partial charge in [-0.3, -0.25) is 14.8 Å². The SMILES string of the molecule is CCNC(=NCC(C(C)C)N1CCOCC1)NCCCN1CCOCC1.I. The van der Waals surface area contributed by atoms with Crippen molar-refractivity contribution in [3.8, 4) is 0 Å². The Morgan fingerprint density at radius 2 is 1.63 bits per heavy atom. The lowest BCUT2D eigenvalue weighted by Gasteiger charge is -2.36. The third kappa shape index (κ3) is 9.74. The van der Waals surface area contributed by atoms with Gasteiger partial charge in [0.2, 0.25) is 0 Å². The lowest BCUT2D eigenvalue weighted by Crippen LogP contribution is -2.48. The predicted molar refractivity (Wildman–Crippen MR) is 122 cm³/mol. The first-order valence-electron chi connectivity index (χ1n) is 10.3. The number of hydrogen-bond donors (Lipinski definition) is 2. The molecule has 2 rings (SSSR count). The summed E-state index contributed by atoms with van der Waals surface area (Å²) in [6.07, 6.45) is 1.13. The maximum atomic E-state index is 5.50. The molecule has 27 heavy (non-hydrogen) atoms. The predicted octanol–water partition coefficient (Wildman–Crippen LogP) is 1.24. The second-order valence-corrected chi connectivity index (χ2v) is 7.41. The van der Waals surface area contributed by atoms with E-state index in [1.165, 1.54) is 0 Å². The van der Waals surface area contributed by atoms with Gasteiger partial charge in [-0.05, 0) is 25.8 Å². The van der Waals surface area contributed by atoms with Crippen molar-refractivity contribution in [1.29, 1.82) is 0 Å². The van der Waals surface area contributed by atoms with Crippen molar-refractivity contribution in [2.45, 2.75) is 33.2 Å². The summed E-state index contributed by atoms with van der Waals surface area (Å²) in [5, 5.41) is 6.88. The Labute approximate surface area is 182 Å². The van der Waals surface area contributed by atoms with E-state index in [4.69, 9.17) is 14.5 Å². The molecule has 2 aliphatic heterocycles. The molecule has 8 heteroatoms. The van der Waals surface area contributed by atoms with E-state index in [1.807, 2.05) is 0 Å². The van der Waals surface area contributed by atoms with Crippen LogP contribution < -0.4 is 10.6 Å². The lowest BCUT2D eigenvalue weighted by molar-refractivity contribution is 0.00867. The molecule has 2 aliphatic rings. The highest BCUT2D eigenvalue weighted by Crippen LogP contribution is 2.13. The zero-order chi connectivity index (χ0) is 18.6. The summed E-state index contributed by atoms with van der Waals surface area (Å²) in [6.45, 7) is 18.1. The van der Waals surface area contributed by atoms with Gasteiger partial charge in [-0.15, -0.1) is 24.0 Å². The summed E-state index contributed by atoms with van der Waals surface area (Å²) in [4.78, 5) is 9.88. The minimum atomic E-state index is 0. The number of aliphatic imine (C=N–C) groups is 1. The van der Waals surface area contributed by atoms with Gasteiger partial charge in [-0.25, -0.2) is 0 Å². The molecule has 0 aromatic carbocycles. The van der Waals surface area contributed by atoms with Crippen molar-refractivity contribution in [1.82, 2.24) is 20.4 Å². The number of morpholine rings is 2. The molecule has 7 nitrogen and oxygen atoms in total. The van der Waals surface area contributed by atoms with Crippen LogP contribution in [-0.4, -0.2) is 101 Å². The van der Waals surface area contributed by atoms with Gasteiger partial charge >= 0.3 is 0 Å². The second-order valence-electron chi connectivity index (χ2n) is 7.41. The van der Waals surface area contributed by atoms with Gasteiger partial charge in [-0.1, -0.05) is 13.8 Å². The molecule has 2 saturated heterocycles. The first kappa shape index (κ1) is 24.9. The smallest absolute Gasteiger partial charge is 0.191 e. The molecule has 2 N–H and O–H groups in total. The molecule has 0 radical (unpaired) electrons. The Hall–Kier alpha value is -0.160. The van der Waals surface area contributed by atoms with Crippen molar-refractivity contribution in [2.75, 3.05) is 78.8 Å². The summed E-state index contributed by atoms with van der Waals surface area (Å²) in [5.74, 6) is 1.52. The quantitative estimate of drug-likeness (QED) is 0.217. The Bertz CT molecular complexity index is 400. The van der Waals surface area contributed by atoms with Crippen molar-refractivity contribution in [2.24, 2.45) is 10.9 Å². The molecule has 160 valence electrons. The van der Waals surface area contributed by atoms with E-state index in [2.05, 4.69) is 41.2 Å². The van der Waals surface area contributed by atoms with Gasteiger partial charge in [0.1, 0.15) is 0 Å². The molecule has 0 aromatic heterocycles. The van der Waals surface area contributed by atoms with Crippen LogP contribution in [0.5, 0.6) is 0 Å². The zero-order valence-electron chi connectivity index (χ0n) is 17.4. The summed E-state index contributed by atoms with van der Waals surface area (Å²) in [5.41, 5.74) is 0. The molecule has 2 fully saturated rings. The minimum absolute atomic E-state index is 0. The monoisotopic (exact) mass is 497 g/mol. The molecule has 0 aliphatic carbocycles. The topological polar surface area (TPSA) is 61.4 Å². The first-order chi connectivity index (χ1) is 12.7. The zero-order valence-corrected chi connectivity index (χ0v) is 19.7.